The van der Waals surface area contributed by atoms with E-state index in [-0.39, 0.29) is 30.5 Å². The zero-order valence-corrected chi connectivity index (χ0v) is 23.7. The molecule has 1 aliphatic rings. The minimum Gasteiger partial charge on any atom is -0.437 e. The highest BCUT2D eigenvalue weighted by Crippen LogP contribution is 2.44. The molecule has 0 saturated heterocycles. The Labute approximate surface area is 240 Å². The predicted octanol–water partition coefficient (Wildman–Crippen LogP) is 5.04. The number of benzene rings is 2. The lowest BCUT2D eigenvalue weighted by atomic mass is 9.89. The first kappa shape index (κ1) is 29.1. The minimum absolute atomic E-state index is 0. The summed E-state index contributed by atoms with van der Waals surface area (Å²) in [6.07, 6.45) is 3.78. The lowest BCUT2D eigenvalue weighted by Gasteiger charge is -2.32. The van der Waals surface area contributed by atoms with Crippen LogP contribution in [0.15, 0.2) is 71.9 Å². The summed E-state index contributed by atoms with van der Waals surface area (Å²) in [4.78, 5) is 25.7. The van der Waals surface area contributed by atoms with Crippen LogP contribution in [-0.2, 0) is 4.79 Å². The first-order valence-corrected chi connectivity index (χ1v) is 13.0. The average molecular weight is 563 g/mol. The van der Waals surface area contributed by atoms with E-state index in [9.17, 15) is 9.90 Å². The van der Waals surface area contributed by atoms with Crippen LogP contribution < -0.4 is 15.5 Å². The molecule has 0 radical (unpaired) electrons. The molecule has 1 fully saturated rings. The van der Waals surface area contributed by atoms with Crippen molar-refractivity contribution in [3.8, 4) is 22.5 Å². The molecular formula is C30H35ClN6O3. The Morgan fingerprint density at radius 1 is 1.10 bits per heavy atom. The SMILES string of the molecule is C=CC(=O)Nc1cc(-c2c(-c3ccccc3)oc3ncnc(NC4CC(O)C4)c23)ccc1N(C)CCN(C)C.Cl. The van der Waals surface area contributed by atoms with E-state index in [0.717, 1.165) is 40.9 Å². The van der Waals surface area contributed by atoms with Crippen LogP contribution in [0.2, 0.25) is 0 Å². The number of hydrogen-bond acceptors (Lipinski definition) is 8. The Morgan fingerprint density at radius 3 is 2.52 bits per heavy atom. The number of rotatable bonds is 10. The highest BCUT2D eigenvalue weighted by Gasteiger charge is 2.30. The highest BCUT2D eigenvalue weighted by molar-refractivity contribution is 6.08. The second kappa shape index (κ2) is 12.5. The molecule has 1 saturated carbocycles. The van der Waals surface area contributed by atoms with Gasteiger partial charge in [-0.1, -0.05) is 43.0 Å². The van der Waals surface area contributed by atoms with Gasteiger partial charge >= 0.3 is 0 Å². The molecule has 0 spiro atoms. The number of aliphatic hydroxyl groups excluding tert-OH is 1. The van der Waals surface area contributed by atoms with Crippen LogP contribution in [0.1, 0.15) is 12.8 Å². The fraction of sp³-hybridized carbons (Fsp3) is 0.300. The van der Waals surface area contributed by atoms with Gasteiger partial charge in [-0.05, 0) is 50.7 Å². The standard InChI is InChI=1S/C30H34N6O3.ClH/c1-5-25(38)34-23-15-20(11-12-24(23)36(4)14-13-35(2)3)26-27-29(33-21-16-22(37)17-21)31-18-32-30(27)39-28(26)19-9-7-6-8-10-19;/h5-12,15,18,21-22,37H,1,13-14,16-17H2,2-4H3,(H,34,38)(H,31,32,33);1H. The van der Waals surface area contributed by atoms with Crippen LogP contribution in [0.3, 0.4) is 0 Å². The molecule has 1 aliphatic carbocycles. The van der Waals surface area contributed by atoms with Gasteiger partial charge in [0.15, 0.2) is 0 Å². The van der Waals surface area contributed by atoms with Gasteiger partial charge in [-0.25, -0.2) is 9.97 Å². The number of aliphatic hydroxyl groups is 1. The summed E-state index contributed by atoms with van der Waals surface area (Å²) in [5.41, 5.74) is 4.60. The molecule has 2 heterocycles. The summed E-state index contributed by atoms with van der Waals surface area (Å²) >= 11 is 0. The van der Waals surface area contributed by atoms with Crippen LogP contribution >= 0.6 is 12.4 Å². The second-order valence-corrected chi connectivity index (χ2v) is 10.2. The molecule has 0 unspecified atom stereocenters. The van der Waals surface area contributed by atoms with Crippen molar-refractivity contribution in [2.24, 2.45) is 0 Å². The fourth-order valence-electron chi connectivity index (χ4n) is 4.79. The van der Waals surface area contributed by atoms with Crippen molar-refractivity contribution in [1.82, 2.24) is 14.9 Å². The van der Waals surface area contributed by atoms with E-state index in [1.54, 1.807) is 0 Å². The summed E-state index contributed by atoms with van der Waals surface area (Å²) < 4.78 is 6.36. The highest BCUT2D eigenvalue weighted by atomic mass is 35.5. The van der Waals surface area contributed by atoms with E-state index >= 15 is 0 Å². The number of carbonyl (C=O) groups is 1. The molecule has 2 aromatic carbocycles. The smallest absolute Gasteiger partial charge is 0.247 e. The van der Waals surface area contributed by atoms with Gasteiger partial charge < -0.3 is 30.0 Å². The van der Waals surface area contributed by atoms with Gasteiger partial charge in [-0.2, -0.15) is 0 Å². The molecule has 3 N–H and O–H groups in total. The number of halogens is 1. The molecule has 0 aliphatic heterocycles. The molecule has 10 heteroatoms. The van der Waals surface area contributed by atoms with Crippen molar-refractivity contribution >= 4 is 46.6 Å². The Morgan fingerprint density at radius 2 is 1.85 bits per heavy atom. The van der Waals surface area contributed by atoms with Crippen molar-refractivity contribution < 1.29 is 14.3 Å². The van der Waals surface area contributed by atoms with E-state index in [0.29, 0.717) is 35.8 Å². The van der Waals surface area contributed by atoms with E-state index in [1.165, 1.54) is 12.4 Å². The number of nitrogens with one attached hydrogen (secondary N) is 2. The third kappa shape index (κ3) is 6.12. The summed E-state index contributed by atoms with van der Waals surface area (Å²) in [5.74, 6) is 1.03. The molecule has 1 amide bonds. The summed E-state index contributed by atoms with van der Waals surface area (Å²) in [7, 11) is 6.07. The maximum Gasteiger partial charge on any atom is 0.247 e. The molecule has 4 aromatic rings. The number of aromatic nitrogens is 2. The van der Waals surface area contributed by atoms with Crippen LogP contribution in [0, 0.1) is 0 Å². The lowest BCUT2D eigenvalue weighted by molar-refractivity contribution is -0.111. The zero-order valence-electron chi connectivity index (χ0n) is 22.9. The van der Waals surface area contributed by atoms with Gasteiger partial charge in [-0.3, -0.25) is 4.79 Å². The molecule has 9 nitrogen and oxygen atoms in total. The largest absolute Gasteiger partial charge is 0.437 e. The van der Waals surface area contributed by atoms with Crippen LogP contribution in [-0.4, -0.2) is 72.3 Å². The van der Waals surface area contributed by atoms with Crippen LogP contribution in [0.5, 0.6) is 0 Å². The van der Waals surface area contributed by atoms with E-state index in [2.05, 4.69) is 37.0 Å². The molecule has 210 valence electrons. The van der Waals surface area contributed by atoms with Gasteiger partial charge in [-0.15, -0.1) is 12.4 Å². The first-order chi connectivity index (χ1) is 18.8. The van der Waals surface area contributed by atoms with Gasteiger partial charge in [0.25, 0.3) is 0 Å². The summed E-state index contributed by atoms with van der Waals surface area (Å²) in [6.45, 7) is 5.27. The number of nitrogens with zero attached hydrogens (tertiary/aromatic N) is 4. The molecule has 0 atom stereocenters. The first-order valence-electron chi connectivity index (χ1n) is 13.0. The molecular weight excluding hydrogens is 528 g/mol. The Kier molecular flexibility index (Phi) is 9.09. The van der Waals surface area contributed by atoms with Gasteiger partial charge in [0.05, 0.1) is 22.9 Å². The summed E-state index contributed by atoms with van der Waals surface area (Å²) in [5, 5.41) is 17.0. The van der Waals surface area contributed by atoms with Gasteiger partial charge in [0, 0.05) is 37.3 Å². The number of carbonyl (C=O) groups excluding carboxylic acids is 1. The average Bonchev–Trinajstić information content (AvgIpc) is 3.32. The van der Waals surface area contributed by atoms with Crippen LogP contribution in [0.25, 0.3) is 33.6 Å². The third-order valence-corrected chi connectivity index (χ3v) is 7.00. The van der Waals surface area contributed by atoms with E-state index in [4.69, 9.17) is 4.42 Å². The Balaban J connectivity index is 0.00000370. The third-order valence-electron chi connectivity index (χ3n) is 7.00. The van der Waals surface area contributed by atoms with Crippen molar-refractivity contribution in [3.05, 3.63) is 67.5 Å². The number of likely N-dealkylation sites (N-methyl/N-ethyl adjacent to an activating group) is 2. The monoisotopic (exact) mass is 562 g/mol. The normalized spacial score (nSPS) is 16.2. The van der Waals surface area contributed by atoms with Crippen molar-refractivity contribution in [2.75, 3.05) is 49.8 Å². The number of fused-ring (bicyclic) bond motifs is 1. The fourth-order valence-corrected chi connectivity index (χ4v) is 4.79. The molecule has 0 bridgehead atoms. The number of hydrogen-bond donors (Lipinski definition) is 3. The van der Waals surface area contributed by atoms with Gasteiger partial charge in [0.1, 0.15) is 17.9 Å². The van der Waals surface area contributed by atoms with Gasteiger partial charge in [0.2, 0.25) is 11.6 Å². The maximum absolute atomic E-state index is 12.4. The molecule has 2 aromatic heterocycles. The van der Waals surface area contributed by atoms with E-state index < -0.39 is 0 Å². The molecule has 5 rings (SSSR count). The van der Waals surface area contributed by atoms with Crippen LogP contribution in [0.4, 0.5) is 17.2 Å². The van der Waals surface area contributed by atoms with E-state index in [1.807, 2.05) is 69.7 Å². The quantitative estimate of drug-likeness (QED) is 0.231. The number of furan rings is 1. The second-order valence-electron chi connectivity index (χ2n) is 10.2. The maximum atomic E-state index is 12.4. The van der Waals surface area contributed by atoms with Crippen molar-refractivity contribution in [2.45, 2.75) is 25.0 Å². The Hall–Kier alpha value is -3.92. The topological polar surface area (TPSA) is 107 Å². The lowest BCUT2D eigenvalue weighted by Crippen LogP contribution is -2.39. The summed E-state index contributed by atoms with van der Waals surface area (Å²) in [6, 6.07) is 16.0. The van der Waals surface area contributed by atoms with Crippen molar-refractivity contribution in [1.29, 1.82) is 0 Å². The Bertz CT molecular complexity index is 1480. The zero-order chi connectivity index (χ0) is 27.5. The minimum atomic E-state index is -0.295. The number of anilines is 3. The van der Waals surface area contributed by atoms with Crippen molar-refractivity contribution in [3.63, 3.8) is 0 Å². The predicted molar refractivity (Wildman–Crippen MR) is 163 cm³/mol. The number of amides is 1. The molecule has 40 heavy (non-hydrogen) atoms.